The quantitative estimate of drug-likeness (QED) is 0.442. The highest BCUT2D eigenvalue weighted by Gasteiger charge is 2.38. The van der Waals surface area contributed by atoms with Gasteiger partial charge in [-0.15, -0.1) is 0 Å². The molecule has 13 heteroatoms. The van der Waals surface area contributed by atoms with Crippen LogP contribution in [0.1, 0.15) is 67.4 Å². The molecule has 3 heterocycles. The monoisotopic (exact) mass is 605 g/mol. The minimum atomic E-state index is -3.14. The van der Waals surface area contributed by atoms with Gasteiger partial charge in [0, 0.05) is 62.7 Å². The van der Waals surface area contributed by atoms with Crippen molar-refractivity contribution < 1.29 is 31.9 Å². The van der Waals surface area contributed by atoms with Crippen molar-refractivity contribution >= 4 is 28.9 Å². The zero-order valence-corrected chi connectivity index (χ0v) is 24.3. The number of nitrogens with one attached hydrogen (secondary N) is 2. The highest BCUT2D eigenvalue weighted by atomic mass is 19.3. The number of alkyl halides is 2. The van der Waals surface area contributed by atoms with Crippen molar-refractivity contribution in [3.63, 3.8) is 0 Å². The molecule has 2 aliphatic heterocycles. The summed E-state index contributed by atoms with van der Waals surface area (Å²) in [4.78, 5) is 45.0. The molecule has 43 heavy (non-hydrogen) atoms. The maximum Gasteiger partial charge on any atom is 0.410 e. The highest BCUT2D eigenvalue weighted by molar-refractivity contribution is 6.07. The van der Waals surface area contributed by atoms with Crippen LogP contribution in [0.3, 0.4) is 0 Å². The zero-order chi connectivity index (χ0) is 31.1. The third-order valence-corrected chi connectivity index (χ3v) is 8.71. The predicted molar refractivity (Wildman–Crippen MR) is 154 cm³/mol. The number of likely N-dealkylation sites (N-methyl/N-ethyl adjacent to an activating group) is 1. The normalized spacial score (nSPS) is 20.5. The molecule has 1 unspecified atom stereocenters. The van der Waals surface area contributed by atoms with E-state index in [1.54, 1.807) is 11.0 Å². The number of piperazine rings is 1. The molecule has 2 fully saturated rings. The number of H-pyrrole nitrogens is 1. The van der Waals surface area contributed by atoms with Crippen molar-refractivity contribution in [2.24, 2.45) is 0 Å². The summed E-state index contributed by atoms with van der Waals surface area (Å²) in [7, 11) is 1.93. The molecular formula is C30H35F4N5O4. The largest absolute Gasteiger partial charge is 0.443 e. The van der Waals surface area contributed by atoms with Gasteiger partial charge in [0.25, 0.3) is 12.3 Å². The van der Waals surface area contributed by atoms with E-state index >= 15 is 8.78 Å². The molecule has 2 N–H and O–H groups in total. The number of aromatic nitrogens is 1. The van der Waals surface area contributed by atoms with Crippen molar-refractivity contribution in [3.05, 3.63) is 63.1 Å². The fraction of sp³-hybridized carbons (Fsp3) is 0.500. The summed E-state index contributed by atoms with van der Waals surface area (Å²) in [6.45, 7) is 5.48. The van der Waals surface area contributed by atoms with Crippen LogP contribution in [0.2, 0.25) is 0 Å². The lowest BCUT2D eigenvalue weighted by Crippen LogP contribution is -2.50. The summed E-state index contributed by atoms with van der Waals surface area (Å²) in [5.41, 5.74) is -3.00. The Morgan fingerprint density at radius 3 is 2.51 bits per heavy atom. The van der Waals surface area contributed by atoms with Gasteiger partial charge in [0.15, 0.2) is 5.82 Å². The van der Waals surface area contributed by atoms with Crippen LogP contribution in [0.25, 0.3) is 5.57 Å². The van der Waals surface area contributed by atoms with Crippen LogP contribution in [0, 0.1) is 11.6 Å². The Balaban J connectivity index is 1.49. The van der Waals surface area contributed by atoms with E-state index in [-0.39, 0.29) is 42.5 Å². The number of hydrogen-bond donors (Lipinski definition) is 2. The molecule has 0 spiro atoms. The summed E-state index contributed by atoms with van der Waals surface area (Å²) in [5.74, 6) is -2.98. The van der Waals surface area contributed by atoms with E-state index in [9.17, 15) is 23.2 Å². The van der Waals surface area contributed by atoms with E-state index in [0.29, 0.717) is 31.3 Å². The lowest BCUT2D eigenvalue weighted by Gasteiger charge is -2.40. The number of halogens is 4. The van der Waals surface area contributed by atoms with Gasteiger partial charge in [0.05, 0.1) is 16.8 Å². The molecule has 9 nitrogen and oxygen atoms in total. The Bertz CT molecular complexity index is 1510. The number of amides is 2. The first kappa shape index (κ1) is 30.6. The molecule has 0 bridgehead atoms. The molecule has 1 saturated heterocycles. The summed E-state index contributed by atoms with van der Waals surface area (Å²) in [5, 5.41) is 2.40. The second kappa shape index (κ2) is 12.0. The van der Waals surface area contributed by atoms with Crippen LogP contribution >= 0.6 is 0 Å². The Hall–Kier alpha value is -3.87. The molecule has 1 saturated carbocycles. The van der Waals surface area contributed by atoms with Gasteiger partial charge in [-0.05, 0) is 52.2 Å². The molecule has 1 aliphatic carbocycles. The van der Waals surface area contributed by atoms with E-state index in [1.807, 2.05) is 20.9 Å². The fourth-order valence-electron chi connectivity index (χ4n) is 5.70. The molecular weight excluding hydrogens is 570 g/mol. The van der Waals surface area contributed by atoms with Gasteiger partial charge in [-0.1, -0.05) is 6.08 Å². The number of carbonyl (C=O) groups excluding carboxylic acids is 2. The van der Waals surface area contributed by atoms with Crippen LogP contribution in [-0.4, -0.2) is 78.2 Å². The molecule has 2 amide bonds. The minimum Gasteiger partial charge on any atom is -0.443 e. The molecule has 2 aromatic rings. The lowest BCUT2D eigenvalue weighted by atomic mass is 9.82. The molecule has 1 aromatic heterocycles. The summed E-state index contributed by atoms with van der Waals surface area (Å²) < 4.78 is 65.1. The van der Waals surface area contributed by atoms with Crippen LogP contribution in [0.15, 0.2) is 29.2 Å². The molecule has 5 rings (SSSR count). The Morgan fingerprint density at radius 1 is 1.16 bits per heavy atom. The molecule has 3 aliphatic rings. The minimum absolute atomic E-state index is 0.0294. The van der Waals surface area contributed by atoms with Gasteiger partial charge in [-0.3, -0.25) is 9.59 Å². The average Bonchev–Trinajstić information content (AvgIpc) is 2.95. The highest BCUT2D eigenvalue weighted by Crippen LogP contribution is 2.40. The first-order valence-electron chi connectivity index (χ1n) is 14.3. The number of rotatable bonds is 6. The van der Waals surface area contributed by atoms with E-state index < -0.39 is 52.3 Å². The SMILES string of the molecule is CC1CN(c2cc(F)c(C3=CCN(C(=O)OC4(C)CCC4)CC3)c(F)c2NC(=O)c2c[nH]c(=O)cc2C(F)F)CCN1C. The van der Waals surface area contributed by atoms with Gasteiger partial charge in [-0.25, -0.2) is 22.4 Å². The summed E-state index contributed by atoms with van der Waals surface area (Å²) in [6, 6.07) is 1.79. The number of nitrogens with zero attached hydrogens (tertiary/aromatic N) is 3. The average molecular weight is 606 g/mol. The first-order valence-corrected chi connectivity index (χ1v) is 14.3. The summed E-state index contributed by atoms with van der Waals surface area (Å²) >= 11 is 0. The third-order valence-electron chi connectivity index (χ3n) is 8.71. The molecule has 1 aromatic carbocycles. The molecule has 0 radical (unpaired) electrons. The van der Waals surface area contributed by atoms with Crippen LogP contribution in [-0.2, 0) is 4.74 Å². The molecule has 232 valence electrons. The van der Waals surface area contributed by atoms with Crippen molar-refractivity contribution in [2.75, 3.05) is 50.0 Å². The van der Waals surface area contributed by atoms with Crippen molar-refractivity contribution in [2.45, 2.75) is 57.6 Å². The number of anilines is 2. The second-order valence-corrected chi connectivity index (χ2v) is 11.7. The maximum absolute atomic E-state index is 16.4. The Kier molecular flexibility index (Phi) is 8.55. The van der Waals surface area contributed by atoms with Gasteiger partial charge in [0.2, 0.25) is 5.56 Å². The Morgan fingerprint density at radius 2 is 1.91 bits per heavy atom. The molecule has 1 atom stereocenters. The van der Waals surface area contributed by atoms with Crippen LogP contribution < -0.4 is 15.8 Å². The number of aromatic amines is 1. The summed E-state index contributed by atoms with van der Waals surface area (Å²) in [6.07, 6.45) is 1.47. The van der Waals surface area contributed by atoms with E-state index in [2.05, 4.69) is 15.2 Å². The van der Waals surface area contributed by atoms with Crippen LogP contribution in [0.4, 0.5) is 33.7 Å². The van der Waals surface area contributed by atoms with Crippen molar-refractivity contribution in [1.82, 2.24) is 14.8 Å². The number of benzene rings is 1. The van der Waals surface area contributed by atoms with E-state index in [1.165, 1.54) is 4.90 Å². The number of pyridine rings is 1. The van der Waals surface area contributed by atoms with E-state index in [4.69, 9.17) is 4.74 Å². The van der Waals surface area contributed by atoms with Crippen LogP contribution in [0.5, 0.6) is 0 Å². The number of ether oxygens (including phenoxy) is 1. The lowest BCUT2D eigenvalue weighted by molar-refractivity contribution is -0.0466. The zero-order valence-electron chi connectivity index (χ0n) is 24.3. The Labute approximate surface area is 246 Å². The number of carbonyl (C=O) groups is 2. The maximum atomic E-state index is 16.4. The first-order chi connectivity index (χ1) is 20.4. The van der Waals surface area contributed by atoms with Gasteiger partial charge < -0.3 is 29.7 Å². The van der Waals surface area contributed by atoms with Gasteiger partial charge in [0.1, 0.15) is 17.1 Å². The third kappa shape index (κ3) is 6.27. The topological polar surface area (TPSA) is 98.0 Å². The van der Waals surface area contributed by atoms with Gasteiger partial charge >= 0.3 is 6.09 Å². The van der Waals surface area contributed by atoms with E-state index in [0.717, 1.165) is 31.5 Å². The fourth-order valence-corrected chi connectivity index (χ4v) is 5.70. The smallest absolute Gasteiger partial charge is 0.410 e. The van der Waals surface area contributed by atoms with Crippen molar-refractivity contribution in [3.8, 4) is 0 Å². The number of hydrogen-bond acceptors (Lipinski definition) is 6. The standard InChI is InChI=1S/C30H35F4N5O4/c1-17-16-39(12-11-37(17)3)22-14-21(31)24(18-5-9-38(10-6-18)29(42)43-30(2)7-4-8-30)25(32)26(22)36-28(41)20-15-35-23(40)13-19(20)27(33)34/h5,13-15,17,27H,4,6-12,16H2,1-3H3,(H,35,40)(H,36,41). The predicted octanol–water partition coefficient (Wildman–Crippen LogP) is 5.15. The second-order valence-electron chi connectivity index (χ2n) is 11.7. The van der Waals surface area contributed by atoms with Crippen molar-refractivity contribution in [1.29, 1.82) is 0 Å². The van der Waals surface area contributed by atoms with Gasteiger partial charge in [-0.2, -0.15) is 0 Å².